The van der Waals surface area contributed by atoms with Crippen molar-refractivity contribution in [3.63, 3.8) is 0 Å². The van der Waals surface area contributed by atoms with Crippen molar-refractivity contribution in [2.24, 2.45) is 5.73 Å². The second kappa shape index (κ2) is 7.75. The normalized spacial score (nSPS) is 11.0. The molecule has 16 heavy (non-hydrogen) atoms. The van der Waals surface area contributed by atoms with Gasteiger partial charge in [0.2, 0.25) is 8.38 Å². The van der Waals surface area contributed by atoms with Crippen LogP contribution in [-0.4, -0.2) is 19.8 Å². The standard InChI is InChI=1S/C12H20NO2P/c1-3-14-16(15-4-2)12-7-5-11(6-8-12)9-10-13/h5-8H,3-4,9-10,13H2,1-2H3. The van der Waals surface area contributed by atoms with Crippen molar-refractivity contribution in [3.8, 4) is 0 Å². The quantitative estimate of drug-likeness (QED) is 0.744. The second-order valence-electron chi connectivity index (χ2n) is 3.30. The Morgan fingerprint density at radius 1 is 1.06 bits per heavy atom. The molecule has 0 bridgehead atoms. The third-order valence-electron chi connectivity index (χ3n) is 2.07. The van der Waals surface area contributed by atoms with E-state index >= 15 is 0 Å². The van der Waals surface area contributed by atoms with Crippen LogP contribution in [0.4, 0.5) is 0 Å². The van der Waals surface area contributed by atoms with Gasteiger partial charge in [0.15, 0.2) is 0 Å². The van der Waals surface area contributed by atoms with Gasteiger partial charge in [-0.15, -0.1) is 0 Å². The molecule has 1 rings (SSSR count). The molecule has 90 valence electrons. The Morgan fingerprint density at radius 2 is 1.62 bits per heavy atom. The Labute approximate surface area is 98.9 Å². The van der Waals surface area contributed by atoms with Crippen molar-refractivity contribution in [3.05, 3.63) is 29.8 Å². The highest BCUT2D eigenvalue weighted by Gasteiger charge is 2.11. The zero-order valence-corrected chi connectivity index (χ0v) is 10.9. The van der Waals surface area contributed by atoms with E-state index in [1.165, 1.54) is 5.56 Å². The second-order valence-corrected chi connectivity index (χ2v) is 4.84. The summed E-state index contributed by atoms with van der Waals surface area (Å²) in [4.78, 5) is 0. The van der Waals surface area contributed by atoms with Gasteiger partial charge in [-0.2, -0.15) is 0 Å². The minimum Gasteiger partial charge on any atom is -0.331 e. The van der Waals surface area contributed by atoms with E-state index in [0.29, 0.717) is 19.8 Å². The van der Waals surface area contributed by atoms with Crippen molar-refractivity contribution in [2.75, 3.05) is 19.8 Å². The van der Waals surface area contributed by atoms with Gasteiger partial charge in [-0.1, -0.05) is 12.1 Å². The van der Waals surface area contributed by atoms with Gasteiger partial charge in [0.1, 0.15) is 0 Å². The average molecular weight is 241 g/mol. The third-order valence-corrected chi connectivity index (χ3v) is 3.78. The summed E-state index contributed by atoms with van der Waals surface area (Å²) in [5.41, 5.74) is 6.77. The molecule has 1 aromatic rings. The highest BCUT2D eigenvalue weighted by molar-refractivity contribution is 7.55. The molecular formula is C12H20NO2P. The zero-order valence-electron chi connectivity index (χ0n) is 9.98. The lowest BCUT2D eigenvalue weighted by atomic mass is 10.2. The van der Waals surface area contributed by atoms with Crippen molar-refractivity contribution in [1.82, 2.24) is 0 Å². The van der Waals surface area contributed by atoms with Crippen LogP contribution in [0.1, 0.15) is 19.4 Å². The Hall–Kier alpha value is -0.470. The molecule has 0 aromatic heterocycles. The van der Waals surface area contributed by atoms with E-state index in [9.17, 15) is 0 Å². The molecule has 0 fully saturated rings. The fourth-order valence-electron chi connectivity index (χ4n) is 1.37. The summed E-state index contributed by atoms with van der Waals surface area (Å²) < 4.78 is 11.2. The van der Waals surface area contributed by atoms with Crippen LogP contribution in [0.15, 0.2) is 24.3 Å². The van der Waals surface area contributed by atoms with Crippen LogP contribution in [0.2, 0.25) is 0 Å². The van der Waals surface area contributed by atoms with Crippen LogP contribution in [0.3, 0.4) is 0 Å². The summed E-state index contributed by atoms with van der Waals surface area (Å²) in [6.45, 7) is 6.01. The lowest BCUT2D eigenvalue weighted by Crippen LogP contribution is -2.08. The minimum atomic E-state index is -0.909. The first-order valence-electron chi connectivity index (χ1n) is 5.66. The predicted octanol–water partition coefficient (Wildman–Crippen LogP) is 2.20. The lowest BCUT2D eigenvalue weighted by Gasteiger charge is -2.15. The first-order valence-corrected chi connectivity index (χ1v) is 6.84. The molecule has 0 atom stereocenters. The number of nitrogens with two attached hydrogens (primary N) is 1. The van der Waals surface area contributed by atoms with Gasteiger partial charge < -0.3 is 14.8 Å². The Morgan fingerprint density at radius 3 is 2.06 bits per heavy atom. The van der Waals surface area contributed by atoms with Crippen molar-refractivity contribution < 1.29 is 9.05 Å². The first kappa shape index (κ1) is 13.6. The van der Waals surface area contributed by atoms with E-state index in [1.54, 1.807) is 0 Å². The Balaban J connectivity index is 2.68. The molecule has 2 N–H and O–H groups in total. The maximum atomic E-state index is 5.59. The highest BCUT2D eigenvalue weighted by Crippen LogP contribution is 2.36. The summed E-state index contributed by atoms with van der Waals surface area (Å²) in [5, 5.41) is 1.12. The number of hydrogen-bond acceptors (Lipinski definition) is 3. The van der Waals surface area contributed by atoms with E-state index in [1.807, 2.05) is 13.8 Å². The zero-order chi connectivity index (χ0) is 11.8. The van der Waals surface area contributed by atoms with E-state index in [0.717, 1.165) is 11.7 Å². The molecule has 0 unspecified atom stereocenters. The Kier molecular flexibility index (Phi) is 6.58. The number of benzene rings is 1. The fraction of sp³-hybridized carbons (Fsp3) is 0.500. The molecule has 0 radical (unpaired) electrons. The molecule has 4 heteroatoms. The summed E-state index contributed by atoms with van der Waals surface area (Å²) in [7, 11) is -0.909. The molecule has 3 nitrogen and oxygen atoms in total. The van der Waals surface area contributed by atoms with E-state index in [-0.39, 0.29) is 0 Å². The summed E-state index contributed by atoms with van der Waals surface area (Å²) in [6, 6.07) is 8.33. The predicted molar refractivity (Wildman–Crippen MR) is 69.0 cm³/mol. The molecule has 0 aliphatic heterocycles. The average Bonchev–Trinajstić information content (AvgIpc) is 2.30. The van der Waals surface area contributed by atoms with Gasteiger partial charge in [-0.25, -0.2) is 0 Å². The maximum absolute atomic E-state index is 5.59. The molecule has 1 aromatic carbocycles. The van der Waals surface area contributed by atoms with Crippen LogP contribution in [-0.2, 0) is 15.5 Å². The van der Waals surface area contributed by atoms with Crippen LogP contribution in [0.25, 0.3) is 0 Å². The fourth-order valence-corrected chi connectivity index (χ4v) is 2.61. The number of hydrogen-bond donors (Lipinski definition) is 1. The monoisotopic (exact) mass is 241 g/mol. The summed E-state index contributed by atoms with van der Waals surface area (Å²) in [5.74, 6) is 0. The van der Waals surface area contributed by atoms with Crippen LogP contribution in [0.5, 0.6) is 0 Å². The summed E-state index contributed by atoms with van der Waals surface area (Å²) >= 11 is 0. The van der Waals surface area contributed by atoms with Gasteiger partial charge in [0.05, 0.1) is 13.2 Å². The van der Waals surface area contributed by atoms with Gasteiger partial charge in [0.25, 0.3) is 0 Å². The van der Waals surface area contributed by atoms with Gasteiger partial charge in [-0.05, 0) is 44.5 Å². The molecule has 0 spiro atoms. The third kappa shape index (κ3) is 4.18. The van der Waals surface area contributed by atoms with Gasteiger partial charge in [0, 0.05) is 5.30 Å². The molecule has 0 amide bonds. The maximum Gasteiger partial charge on any atom is 0.205 e. The van der Waals surface area contributed by atoms with E-state index in [2.05, 4.69) is 24.3 Å². The molecule has 0 saturated heterocycles. The molecule has 0 saturated carbocycles. The first-order chi connectivity index (χ1) is 7.81. The lowest BCUT2D eigenvalue weighted by molar-refractivity contribution is 0.277. The van der Waals surface area contributed by atoms with Crippen molar-refractivity contribution >= 4 is 13.7 Å². The largest absolute Gasteiger partial charge is 0.331 e. The highest BCUT2D eigenvalue weighted by atomic mass is 31.2. The van der Waals surface area contributed by atoms with E-state index in [4.69, 9.17) is 14.8 Å². The van der Waals surface area contributed by atoms with E-state index < -0.39 is 8.38 Å². The van der Waals surface area contributed by atoms with Crippen molar-refractivity contribution in [1.29, 1.82) is 0 Å². The smallest absolute Gasteiger partial charge is 0.205 e. The summed E-state index contributed by atoms with van der Waals surface area (Å²) in [6.07, 6.45) is 0.918. The number of rotatable bonds is 7. The topological polar surface area (TPSA) is 44.5 Å². The molecule has 0 aliphatic carbocycles. The minimum absolute atomic E-state index is 0.677. The SMILES string of the molecule is CCOP(OCC)c1ccc(CCN)cc1. The van der Waals surface area contributed by atoms with Crippen LogP contribution >= 0.6 is 8.38 Å². The van der Waals surface area contributed by atoms with Gasteiger partial charge in [-0.3, -0.25) is 0 Å². The van der Waals surface area contributed by atoms with Crippen molar-refractivity contribution in [2.45, 2.75) is 20.3 Å². The van der Waals surface area contributed by atoms with Crippen LogP contribution < -0.4 is 11.0 Å². The molecule has 0 heterocycles. The molecule has 0 aliphatic rings. The molecular weight excluding hydrogens is 221 g/mol. The Bertz CT molecular complexity index is 284. The van der Waals surface area contributed by atoms with Crippen LogP contribution in [0, 0.1) is 0 Å². The van der Waals surface area contributed by atoms with Gasteiger partial charge >= 0.3 is 0 Å².